The van der Waals surface area contributed by atoms with Crippen molar-refractivity contribution >= 4 is 26.4 Å². The Labute approximate surface area is 81.6 Å². The van der Waals surface area contributed by atoms with Crippen molar-refractivity contribution in [1.82, 2.24) is 0 Å². The zero-order valence-corrected chi connectivity index (χ0v) is 8.82. The molecule has 0 aromatic heterocycles. The molecule has 0 unspecified atom stereocenters. The Kier molecular flexibility index (Phi) is 3.02. The van der Waals surface area contributed by atoms with Crippen molar-refractivity contribution < 1.29 is 4.74 Å². The van der Waals surface area contributed by atoms with Crippen LogP contribution >= 0.6 is 0 Å². The summed E-state index contributed by atoms with van der Waals surface area (Å²) >= 11 is 2.64. The Morgan fingerprint density at radius 3 is 2.50 bits per heavy atom. The van der Waals surface area contributed by atoms with Crippen LogP contribution in [0.25, 0.3) is 0 Å². The van der Waals surface area contributed by atoms with E-state index in [4.69, 9.17) is 4.74 Å². The number of anilines is 1. The summed E-state index contributed by atoms with van der Waals surface area (Å²) in [6, 6.07) is 6.10. The number of methoxy groups -OCH3 is 1. The summed E-state index contributed by atoms with van der Waals surface area (Å²) in [6.45, 7) is 0. The van der Waals surface area contributed by atoms with E-state index in [1.165, 1.54) is 0 Å². The van der Waals surface area contributed by atoms with Gasteiger partial charge in [-0.3, -0.25) is 0 Å². The molecule has 0 N–H and O–H groups in total. The van der Waals surface area contributed by atoms with Crippen molar-refractivity contribution in [3.63, 3.8) is 0 Å². The van der Waals surface area contributed by atoms with Crippen molar-refractivity contribution in [2.24, 2.45) is 0 Å². The maximum atomic E-state index is 5.19. The molecular weight excluding hydrogens is 165 g/mol. The number of nitrogens with zero attached hydrogens (tertiary/aromatic N) is 1. The van der Waals surface area contributed by atoms with Gasteiger partial charge in [-0.2, -0.15) is 0 Å². The predicted molar refractivity (Wildman–Crippen MR) is 52.7 cm³/mol. The van der Waals surface area contributed by atoms with Gasteiger partial charge in [-0.15, -0.1) is 0 Å². The highest BCUT2D eigenvalue weighted by molar-refractivity contribution is 6.34. The third kappa shape index (κ3) is 1.94. The van der Waals surface area contributed by atoms with E-state index in [9.17, 15) is 0 Å². The summed E-state index contributed by atoms with van der Waals surface area (Å²) in [4.78, 5) is 2.05. The topological polar surface area (TPSA) is 12.5 Å². The molecule has 12 heavy (non-hydrogen) atoms. The van der Waals surface area contributed by atoms with Crippen molar-refractivity contribution in [3.05, 3.63) is 18.2 Å². The zero-order valence-electron chi connectivity index (χ0n) is 7.66. The molecule has 0 atom stereocenters. The summed E-state index contributed by atoms with van der Waals surface area (Å²) in [6.07, 6.45) is 0. The Morgan fingerprint density at radius 1 is 1.33 bits per heavy atom. The number of rotatable bonds is 2. The van der Waals surface area contributed by atoms with Gasteiger partial charge in [-0.25, -0.2) is 0 Å². The molecule has 0 saturated carbocycles. The minimum absolute atomic E-state index is 0.909. The molecule has 0 bridgehead atoms. The van der Waals surface area contributed by atoms with Gasteiger partial charge in [0.1, 0.15) is 5.75 Å². The molecule has 1 aromatic carbocycles. The lowest BCUT2D eigenvalue weighted by Crippen LogP contribution is -2.12. The van der Waals surface area contributed by atoms with E-state index in [0.29, 0.717) is 0 Å². The number of hydrogen-bond donors (Lipinski definition) is 0. The first-order valence-corrected chi connectivity index (χ1v) is 4.33. The second-order valence-electron chi connectivity index (χ2n) is 2.82. The van der Waals surface area contributed by atoms with Crippen LogP contribution in [0.1, 0.15) is 0 Å². The van der Waals surface area contributed by atoms with Crippen LogP contribution in [0.4, 0.5) is 5.69 Å². The Morgan fingerprint density at radius 2 is 2.00 bits per heavy atom. The van der Waals surface area contributed by atoms with Gasteiger partial charge < -0.3 is 9.64 Å². The third-order valence-corrected chi connectivity index (χ3v) is 2.21. The maximum absolute atomic E-state index is 5.19. The van der Waals surface area contributed by atoms with Crippen molar-refractivity contribution in [3.8, 4) is 5.75 Å². The molecule has 2 radical (unpaired) electrons. The number of benzene rings is 1. The van der Waals surface area contributed by atoms with Gasteiger partial charge in [-0.05, 0) is 6.07 Å². The molecule has 2 nitrogen and oxygen atoms in total. The first kappa shape index (κ1) is 9.44. The zero-order chi connectivity index (χ0) is 9.14. The molecule has 1 rings (SSSR count). The molecule has 62 valence electrons. The van der Waals surface area contributed by atoms with E-state index in [2.05, 4.69) is 22.4 Å². The average molecular weight is 177 g/mol. The lowest BCUT2D eigenvalue weighted by atomic mass is 10.3. The molecule has 0 fully saturated rings. The van der Waals surface area contributed by atoms with Crippen LogP contribution in [0.5, 0.6) is 5.75 Å². The second kappa shape index (κ2) is 3.84. The van der Waals surface area contributed by atoms with Gasteiger partial charge in [0.05, 0.1) is 7.11 Å². The maximum Gasteiger partial charge on any atom is 0.181 e. The van der Waals surface area contributed by atoms with Crippen LogP contribution in [0.3, 0.4) is 0 Å². The van der Waals surface area contributed by atoms with Crippen LogP contribution in [0.2, 0.25) is 0 Å². The van der Waals surface area contributed by atoms with E-state index >= 15 is 0 Å². The van der Waals surface area contributed by atoms with Gasteiger partial charge in [0, 0.05) is 25.8 Å². The Hall–Kier alpha value is -0.648. The van der Waals surface area contributed by atoms with Crippen LogP contribution in [0, 0.1) is 0 Å². The molecule has 0 aliphatic heterocycles. The minimum Gasteiger partial charge on any atom is -0.498 e. The fraction of sp³-hybridized carbons (Fsp3) is 0.333. The standard InChI is InChI=1S/C9H12NO.Al/c1-10(2)8-5-4-6-9(7-8)11-3;/h4-5,7H,1-3H3;. The van der Waals surface area contributed by atoms with Crippen LogP contribution in [-0.2, 0) is 0 Å². The molecular formula is C9H12AlNO. The van der Waals surface area contributed by atoms with Gasteiger partial charge in [0.25, 0.3) is 0 Å². The summed E-state index contributed by atoms with van der Waals surface area (Å²) in [5.41, 5.74) is 1.15. The molecule has 0 saturated heterocycles. The smallest absolute Gasteiger partial charge is 0.181 e. The monoisotopic (exact) mass is 177 g/mol. The Bertz CT molecular complexity index is 273. The summed E-state index contributed by atoms with van der Waals surface area (Å²) in [7, 11) is 5.71. The van der Waals surface area contributed by atoms with E-state index in [1.54, 1.807) is 7.11 Å². The molecule has 3 heteroatoms. The molecule has 0 heterocycles. The number of hydrogen-bond acceptors (Lipinski definition) is 2. The van der Waals surface area contributed by atoms with Crippen LogP contribution < -0.4 is 14.1 Å². The predicted octanol–water partition coefficient (Wildman–Crippen LogP) is 0.555. The average Bonchev–Trinajstić information content (AvgIpc) is 2.05. The van der Waals surface area contributed by atoms with Crippen molar-refractivity contribution in [1.29, 1.82) is 0 Å². The molecule has 0 spiro atoms. The normalized spacial score (nSPS) is 9.58. The highest BCUT2D eigenvalue weighted by atomic mass is 27.0. The van der Waals surface area contributed by atoms with Gasteiger partial charge in [-0.1, -0.05) is 10.5 Å². The summed E-state index contributed by atoms with van der Waals surface area (Å²) in [5.74, 6) is 0.909. The van der Waals surface area contributed by atoms with Crippen LogP contribution in [-0.4, -0.2) is 37.5 Å². The number of ether oxygens (including phenoxy) is 1. The van der Waals surface area contributed by atoms with E-state index in [1.807, 2.05) is 31.1 Å². The van der Waals surface area contributed by atoms with E-state index in [0.717, 1.165) is 15.9 Å². The van der Waals surface area contributed by atoms with Gasteiger partial charge in [0.2, 0.25) is 0 Å². The van der Waals surface area contributed by atoms with E-state index in [-0.39, 0.29) is 0 Å². The van der Waals surface area contributed by atoms with E-state index < -0.39 is 0 Å². The first-order chi connectivity index (χ1) is 5.65. The molecule has 0 aliphatic carbocycles. The Balaban J connectivity index is 3.05. The first-order valence-electron chi connectivity index (χ1n) is 3.76. The highest BCUT2D eigenvalue weighted by Gasteiger charge is 1.99. The lowest BCUT2D eigenvalue weighted by molar-refractivity contribution is 0.418. The van der Waals surface area contributed by atoms with Crippen molar-refractivity contribution in [2.75, 3.05) is 26.1 Å². The molecule has 1 aromatic rings. The highest BCUT2D eigenvalue weighted by Crippen LogP contribution is 2.16. The third-order valence-electron chi connectivity index (χ3n) is 1.73. The quantitative estimate of drug-likeness (QED) is 0.612. The minimum atomic E-state index is 0.909. The fourth-order valence-electron chi connectivity index (χ4n) is 0.978. The molecule has 0 aliphatic rings. The largest absolute Gasteiger partial charge is 0.498 e. The van der Waals surface area contributed by atoms with Gasteiger partial charge in [0.15, 0.2) is 16.3 Å². The SMILES string of the molecule is COc1cc(N(C)C)cc[c]1[Al]. The van der Waals surface area contributed by atoms with Crippen LogP contribution in [0.15, 0.2) is 18.2 Å². The van der Waals surface area contributed by atoms with Crippen molar-refractivity contribution in [2.45, 2.75) is 0 Å². The van der Waals surface area contributed by atoms with Gasteiger partial charge >= 0.3 is 0 Å². The second-order valence-corrected chi connectivity index (χ2v) is 3.44. The lowest BCUT2D eigenvalue weighted by Gasteiger charge is -2.14. The molecule has 0 amide bonds. The summed E-state index contributed by atoms with van der Waals surface area (Å²) < 4.78 is 6.27. The fourth-order valence-corrected chi connectivity index (χ4v) is 1.28. The summed E-state index contributed by atoms with van der Waals surface area (Å²) in [5, 5.41) is 0.